The van der Waals surface area contributed by atoms with Gasteiger partial charge in [0.1, 0.15) is 5.75 Å². The van der Waals surface area contributed by atoms with Crippen LogP contribution < -0.4 is 4.74 Å². The highest BCUT2D eigenvalue weighted by Gasteiger charge is 2.13. The Bertz CT molecular complexity index is 637. The van der Waals surface area contributed by atoms with Crippen molar-refractivity contribution in [2.75, 3.05) is 13.2 Å². The van der Waals surface area contributed by atoms with Gasteiger partial charge in [-0.3, -0.25) is 0 Å². The molecule has 0 atom stereocenters. The Kier molecular flexibility index (Phi) is 5.62. The van der Waals surface area contributed by atoms with Crippen molar-refractivity contribution in [3.8, 4) is 5.75 Å². The zero-order chi connectivity index (χ0) is 15.2. The van der Waals surface area contributed by atoms with Gasteiger partial charge in [0.05, 0.1) is 18.8 Å². The molecule has 0 saturated carbocycles. The predicted octanol–water partition coefficient (Wildman–Crippen LogP) is 4.96. The first-order chi connectivity index (χ1) is 10.2. The number of ether oxygens (including phenoxy) is 2. The van der Waals surface area contributed by atoms with Gasteiger partial charge in [-0.05, 0) is 36.9 Å². The molecule has 21 heavy (non-hydrogen) atoms. The van der Waals surface area contributed by atoms with Crippen LogP contribution in [0.5, 0.6) is 5.75 Å². The van der Waals surface area contributed by atoms with E-state index in [-0.39, 0.29) is 5.97 Å². The fraction of sp³-hybridized carbons (Fsp3) is 0.353. The Hall–Kier alpha value is -1.55. The molecule has 4 heteroatoms. The molecule has 0 aliphatic heterocycles. The fourth-order valence-corrected chi connectivity index (χ4v) is 2.69. The highest BCUT2D eigenvalue weighted by Crippen LogP contribution is 2.34. The second-order valence-electron chi connectivity index (χ2n) is 4.73. The molecule has 0 N–H and O–H groups in total. The molecular weight excluding hydrogens is 332 g/mol. The Morgan fingerprint density at radius 3 is 2.76 bits per heavy atom. The van der Waals surface area contributed by atoms with Crippen LogP contribution in [0.25, 0.3) is 10.8 Å². The van der Waals surface area contributed by atoms with Crippen molar-refractivity contribution in [3.63, 3.8) is 0 Å². The number of esters is 1. The molecule has 0 aromatic heterocycles. The van der Waals surface area contributed by atoms with Crippen LogP contribution in [0, 0.1) is 0 Å². The van der Waals surface area contributed by atoms with Crippen LogP contribution in [0.15, 0.2) is 34.8 Å². The van der Waals surface area contributed by atoms with Crippen molar-refractivity contribution in [1.82, 2.24) is 0 Å². The number of hydrogen-bond acceptors (Lipinski definition) is 3. The second-order valence-corrected chi connectivity index (χ2v) is 5.59. The standard InChI is InChI=1S/C17H19BrO3/c1-3-5-9-21-15-11-13(17(19)20-4-2)10-12-7-6-8-14(18)16(12)15/h6-8,10-11H,3-5,9H2,1-2H3. The molecule has 2 aromatic carbocycles. The lowest BCUT2D eigenvalue weighted by Gasteiger charge is -2.12. The van der Waals surface area contributed by atoms with Crippen LogP contribution in [0.1, 0.15) is 37.0 Å². The van der Waals surface area contributed by atoms with Gasteiger partial charge >= 0.3 is 5.97 Å². The normalized spacial score (nSPS) is 10.6. The molecule has 0 amide bonds. The Balaban J connectivity index is 2.47. The van der Waals surface area contributed by atoms with Gasteiger partial charge in [-0.25, -0.2) is 4.79 Å². The number of benzene rings is 2. The molecule has 0 spiro atoms. The number of unbranched alkanes of at least 4 members (excludes halogenated alkanes) is 1. The summed E-state index contributed by atoms with van der Waals surface area (Å²) >= 11 is 3.55. The van der Waals surface area contributed by atoms with E-state index in [1.165, 1.54) is 0 Å². The van der Waals surface area contributed by atoms with E-state index < -0.39 is 0 Å². The SMILES string of the molecule is CCCCOc1cc(C(=O)OCC)cc2cccc(Br)c12. The van der Waals surface area contributed by atoms with Crippen LogP contribution in [-0.4, -0.2) is 19.2 Å². The van der Waals surface area contributed by atoms with E-state index in [1.54, 1.807) is 13.0 Å². The van der Waals surface area contributed by atoms with Crippen molar-refractivity contribution in [1.29, 1.82) is 0 Å². The third-order valence-electron chi connectivity index (χ3n) is 3.16. The third kappa shape index (κ3) is 3.76. The first-order valence-corrected chi connectivity index (χ1v) is 7.98. The lowest BCUT2D eigenvalue weighted by Crippen LogP contribution is -2.06. The minimum Gasteiger partial charge on any atom is -0.493 e. The summed E-state index contributed by atoms with van der Waals surface area (Å²) in [5.41, 5.74) is 0.522. The summed E-state index contributed by atoms with van der Waals surface area (Å²) in [5, 5.41) is 1.95. The van der Waals surface area contributed by atoms with E-state index in [0.29, 0.717) is 18.8 Å². The third-order valence-corrected chi connectivity index (χ3v) is 3.82. The monoisotopic (exact) mass is 350 g/mol. The molecular formula is C17H19BrO3. The van der Waals surface area contributed by atoms with E-state index in [9.17, 15) is 4.79 Å². The maximum atomic E-state index is 12.0. The van der Waals surface area contributed by atoms with Crippen LogP contribution in [0.3, 0.4) is 0 Å². The van der Waals surface area contributed by atoms with Gasteiger partial charge in [-0.15, -0.1) is 0 Å². The van der Waals surface area contributed by atoms with Gasteiger partial charge in [0.15, 0.2) is 0 Å². The quantitative estimate of drug-likeness (QED) is 0.545. The summed E-state index contributed by atoms with van der Waals surface area (Å²) in [5.74, 6) is 0.399. The van der Waals surface area contributed by atoms with Crippen LogP contribution in [-0.2, 0) is 4.74 Å². The molecule has 0 bridgehead atoms. The minimum absolute atomic E-state index is 0.320. The summed E-state index contributed by atoms with van der Waals surface area (Å²) in [6, 6.07) is 9.48. The van der Waals surface area contributed by atoms with Crippen molar-refractivity contribution in [2.24, 2.45) is 0 Å². The molecule has 0 saturated heterocycles. The first kappa shape index (κ1) is 15.8. The molecule has 112 valence electrons. The number of halogens is 1. The lowest BCUT2D eigenvalue weighted by molar-refractivity contribution is 0.0526. The van der Waals surface area contributed by atoms with E-state index >= 15 is 0 Å². The van der Waals surface area contributed by atoms with Gasteiger partial charge in [0.25, 0.3) is 0 Å². The van der Waals surface area contributed by atoms with E-state index in [4.69, 9.17) is 9.47 Å². The molecule has 2 rings (SSSR count). The van der Waals surface area contributed by atoms with Gasteiger partial charge in [-0.2, -0.15) is 0 Å². The van der Waals surface area contributed by atoms with Crippen molar-refractivity contribution in [3.05, 3.63) is 40.4 Å². The topological polar surface area (TPSA) is 35.5 Å². The van der Waals surface area contributed by atoms with Gasteiger partial charge in [0.2, 0.25) is 0 Å². The zero-order valence-electron chi connectivity index (χ0n) is 12.3. The van der Waals surface area contributed by atoms with Crippen molar-refractivity contribution >= 4 is 32.7 Å². The predicted molar refractivity (Wildman–Crippen MR) is 88.0 cm³/mol. The Labute approximate surface area is 133 Å². The molecule has 0 aliphatic carbocycles. The highest BCUT2D eigenvalue weighted by atomic mass is 79.9. The van der Waals surface area contributed by atoms with E-state index in [2.05, 4.69) is 22.9 Å². The Morgan fingerprint density at radius 1 is 1.24 bits per heavy atom. The minimum atomic E-state index is -0.320. The molecule has 2 aromatic rings. The molecule has 0 radical (unpaired) electrons. The maximum Gasteiger partial charge on any atom is 0.338 e. The first-order valence-electron chi connectivity index (χ1n) is 7.19. The lowest BCUT2D eigenvalue weighted by atomic mass is 10.1. The number of carbonyl (C=O) groups is 1. The molecule has 0 aliphatic rings. The zero-order valence-corrected chi connectivity index (χ0v) is 13.9. The Morgan fingerprint density at radius 2 is 2.05 bits per heavy atom. The van der Waals surface area contributed by atoms with Crippen molar-refractivity contribution in [2.45, 2.75) is 26.7 Å². The largest absolute Gasteiger partial charge is 0.493 e. The molecule has 0 unspecified atom stereocenters. The van der Waals surface area contributed by atoms with Crippen LogP contribution >= 0.6 is 15.9 Å². The van der Waals surface area contributed by atoms with E-state index in [1.807, 2.05) is 24.3 Å². The number of hydrogen-bond donors (Lipinski definition) is 0. The van der Waals surface area contributed by atoms with E-state index in [0.717, 1.165) is 33.8 Å². The van der Waals surface area contributed by atoms with Crippen LogP contribution in [0.4, 0.5) is 0 Å². The average molecular weight is 351 g/mol. The average Bonchev–Trinajstić information content (AvgIpc) is 2.47. The number of fused-ring (bicyclic) bond motifs is 1. The maximum absolute atomic E-state index is 12.0. The van der Waals surface area contributed by atoms with Crippen LogP contribution in [0.2, 0.25) is 0 Å². The number of rotatable bonds is 6. The van der Waals surface area contributed by atoms with Gasteiger partial charge in [0, 0.05) is 9.86 Å². The molecule has 0 heterocycles. The second kappa shape index (κ2) is 7.46. The molecule has 3 nitrogen and oxygen atoms in total. The summed E-state index contributed by atoms with van der Waals surface area (Å²) in [6.07, 6.45) is 2.05. The van der Waals surface area contributed by atoms with Gasteiger partial charge < -0.3 is 9.47 Å². The highest BCUT2D eigenvalue weighted by molar-refractivity contribution is 9.10. The number of carbonyl (C=O) groups excluding carboxylic acids is 1. The smallest absolute Gasteiger partial charge is 0.338 e. The van der Waals surface area contributed by atoms with Crippen molar-refractivity contribution < 1.29 is 14.3 Å². The molecule has 0 fully saturated rings. The fourth-order valence-electron chi connectivity index (χ4n) is 2.12. The summed E-state index contributed by atoms with van der Waals surface area (Å²) in [7, 11) is 0. The summed E-state index contributed by atoms with van der Waals surface area (Å²) in [4.78, 5) is 12.0. The summed E-state index contributed by atoms with van der Waals surface area (Å²) in [6.45, 7) is 4.92. The van der Waals surface area contributed by atoms with Gasteiger partial charge in [-0.1, -0.05) is 41.4 Å². The summed E-state index contributed by atoms with van der Waals surface area (Å²) < 4.78 is 11.9.